The summed E-state index contributed by atoms with van der Waals surface area (Å²) in [6, 6.07) is 7.78. The van der Waals surface area contributed by atoms with Crippen molar-refractivity contribution in [1.29, 1.82) is 0 Å². The fourth-order valence-corrected chi connectivity index (χ4v) is 2.59. The van der Waals surface area contributed by atoms with Crippen molar-refractivity contribution < 1.29 is 9.90 Å². The predicted molar refractivity (Wildman–Crippen MR) is 90.0 cm³/mol. The summed E-state index contributed by atoms with van der Waals surface area (Å²) in [4.78, 5) is 12.2. The van der Waals surface area contributed by atoms with Crippen LogP contribution in [0.2, 0.25) is 0 Å². The van der Waals surface area contributed by atoms with Crippen molar-refractivity contribution in [3.8, 4) is 0 Å². The summed E-state index contributed by atoms with van der Waals surface area (Å²) in [5.41, 5.74) is 5.18. The minimum atomic E-state index is -0.0817. The number of hydrogen-bond donors (Lipinski definition) is 3. The van der Waals surface area contributed by atoms with Gasteiger partial charge in [-0.25, -0.2) is 0 Å². The van der Waals surface area contributed by atoms with Crippen LogP contribution >= 0.6 is 0 Å². The molecule has 0 aliphatic rings. The number of nitrogens with zero attached hydrogens (tertiary/aromatic N) is 1. The SMILES string of the molecule is Cc1n[nH]c(C)c1CC(C)C(=O)NCCc1ccc(CO)cc1. The summed E-state index contributed by atoms with van der Waals surface area (Å²) in [5, 5.41) is 19.1. The van der Waals surface area contributed by atoms with E-state index < -0.39 is 0 Å². The molecule has 1 atom stereocenters. The highest BCUT2D eigenvalue weighted by molar-refractivity contribution is 5.78. The number of aromatic nitrogens is 2. The Kier molecular flexibility index (Phi) is 5.93. The van der Waals surface area contributed by atoms with Gasteiger partial charge in [0.05, 0.1) is 12.3 Å². The van der Waals surface area contributed by atoms with Gasteiger partial charge in [0.1, 0.15) is 0 Å². The molecule has 1 aromatic heterocycles. The van der Waals surface area contributed by atoms with Crippen molar-refractivity contribution in [3.63, 3.8) is 0 Å². The molecule has 2 rings (SSSR count). The first-order valence-electron chi connectivity index (χ1n) is 7.98. The highest BCUT2D eigenvalue weighted by atomic mass is 16.3. The number of hydrogen-bond acceptors (Lipinski definition) is 3. The van der Waals surface area contributed by atoms with Gasteiger partial charge in [-0.1, -0.05) is 31.2 Å². The number of aromatic amines is 1. The number of aliphatic hydroxyl groups is 1. The molecule has 0 radical (unpaired) electrons. The molecule has 1 amide bonds. The number of carbonyl (C=O) groups excluding carboxylic acids is 1. The second kappa shape index (κ2) is 7.92. The molecular formula is C18H25N3O2. The van der Waals surface area contributed by atoms with Gasteiger partial charge in [-0.15, -0.1) is 0 Å². The van der Waals surface area contributed by atoms with Crippen molar-refractivity contribution in [1.82, 2.24) is 15.5 Å². The Bertz CT molecular complexity index is 627. The smallest absolute Gasteiger partial charge is 0.223 e. The van der Waals surface area contributed by atoms with Crippen LogP contribution in [-0.2, 0) is 24.2 Å². The standard InChI is InChI=1S/C18H25N3O2/c1-12(10-17-13(2)20-21-14(17)3)18(23)19-9-8-15-4-6-16(11-22)7-5-15/h4-7,12,22H,8-11H2,1-3H3,(H,19,23)(H,20,21). The average Bonchev–Trinajstić information content (AvgIpc) is 2.87. The van der Waals surface area contributed by atoms with E-state index in [9.17, 15) is 4.79 Å². The Morgan fingerprint density at radius 2 is 1.91 bits per heavy atom. The van der Waals surface area contributed by atoms with E-state index in [1.165, 1.54) is 0 Å². The Balaban J connectivity index is 1.79. The molecule has 124 valence electrons. The van der Waals surface area contributed by atoms with Crippen LogP contribution in [0.3, 0.4) is 0 Å². The van der Waals surface area contributed by atoms with Crippen LogP contribution in [-0.4, -0.2) is 27.8 Å². The zero-order chi connectivity index (χ0) is 16.8. The predicted octanol–water partition coefficient (Wildman–Crippen LogP) is 2.06. The molecule has 1 heterocycles. The lowest BCUT2D eigenvalue weighted by atomic mass is 9.99. The van der Waals surface area contributed by atoms with Crippen molar-refractivity contribution in [3.05, 3.63) is 52.3 Å². The van der Waals surface area contributed by atoms with E-state index in [4.69, 9.17) is 5.11 Å². The van der Waals surface area contributed by atoms with E-state index >= 15 is 0 Å². The highest BCUT2D eigenvalue weighted by Crippen LogP contribution is 2.15. The Morgan fingerprint density at radius 3 is 2.48 bits per heavy atom. The van der Waals surface area contributed by atoms with Gasteiger partial charge in [0.25, 0.3) is 0 Å². The van der Waals surface area contributed by atoms with Crippen molar-refractivity contribution in [2.75, 3.05) is 6.54 Å². The van der Waals surface area contributed by atoms with Gasteiger partial charge in [-0.2, -0.15) is 5.10 Å². The highest BCUT2D eigenvalue weighted by Gasteiger charge is 2.17. The third kappa shape index (κ3) is 4.66. The summed E-state index contributed by atoms with van der Waals surface area (Å²) in [5.74, 6) is -0.0151. The maximum Gasteiger partial charge on any atom is 0.223 e. The molecule has 1 unspecified atom stereocenters. The number of benzene rings is 1. The van der Waals surface area contributed by atoms with Gasteiger partial charge < -0.3 is 10.4 Å². The molecule has 0 spiro atoms. The molecule has 0 saturated heterocycles. The van der Waals surface area contributed by atoms with Crippen molar-refractivity contribution in [2.24, 2.45) is 5.92 Å². The lowest BCUT2D eigenvalue weighted by Gasteiger charge is -2.12. The Hall–Kier alpha value is -2.14. The molecule has 0 aliphatic carbocycles. The fraction of sp³-hybridized carbons (Fsp3) is 0.444. The number of rotatable bonds is 7. The van der Waals surface area contributed by atoms with Crippen LogP contribution in [0.5, 0.6) is 0 Å². The minimum Gasteiger partial charge on any atom is -0.392 e. The number of nitrogens with one attached hydrogen (secondary N) is 2. The van der Waals surface area contributed by atoms with E-state index in [-0.39, 0.29) is 18.4 Å². The van der Waals surface area contributed by atoms with E-state index in [0.29, 0.717) is 13.0 Å². The zero-order valence-electron chi connectivity index (χ0n) is 14.0. The average molecular weight is 315 g/mol. The lowest BCUT2D eigenvalue weighted by molar-refractivity contribution is -0.124. The first kappa shape index (κ1) is 17.2. The van der Waals surface area contributed by atoms with Gasteiger partial charge in [0.15, 0.2) is 0 Å². The number of carbonyl (C=O) groups is 1. The first-order valence-corrected chi connectivity index (χ1v) is 7.98. The van der Waals surface area contributed by atoms with Crippen LogP contribution < -0.4 is 5.32 Å². The van der Waals surface area contributed by atoms with Gasteiger partial charge >= 0.3 is 0 Å². The molecule has 0 saturated carbocycles. The van der Waals surface area contributed by atoms with Crippen LogP contribution in [0.4, 0.5) is 0 Å². The van der Waals surface area contributed by atoms with E-state index in [2.05, 4.69) is 15.5 Å². The van der Waals surface area contributed by atoms with Gasteiger partial charge in [0.2, 0.25) is 5.91 Å². The largest absolute Gasteiger partial charge is 0.392 e. The lowest BCUT2D eigenvalue weighted by Crippen LogP contribution is -2.32. The molecule has 0 bridgehead atoms. The van der Waals surface area contributed by atoms with Crippen LogP contribution in [0.1, 0.15) is 35.0 Å². The van der Waals surface area contributed by atoms with Crippen LogP contribution in [0, 0.1) is 19.8 Å². The molecule has 5 heteroatoms. The number of aliphatic hydroxyl groups excluding tert-OH is 1. The van der Waals surface area contributed by atoms with Crippen molar-refractivity contribution in [2.45, 2.75) is 40.2 Å². The third-order valence-electron chi connectivity index (χ3n) is 4.16. The number of amides is 1. The van der Waals surface area contributed by atoms with E-state index in [1.807, 2.05) is 45.0 Å². The van der Waals surface area contributed by atoms with Crippen LogP contribution in [0.25, 0.3) is 0 Å². The zero-order valence-corrected chi connectivity index (χ0v) is 14.0. The van der Waals surface area contributed by atoms with E-state index in [1.54, 1.807) is 0 Å². The second-order valence-electron chi connectivity index (χ2n) is 6.03. The molecule has 2 aromatic rings. The number of H-pyrrole nitrogens is 1. The maximum atomic E-state index is 12.2. The summed E-state index contributed by atoms with van der Waals surface area (Å²) in [6.45, 7) is 6.55. The molecular weight excluding hydrogens is 290 g/mol. The summed E-state index contributed by atoms with van der Waals surface area (Å²) in [6.07, 6.45) is 1.49. The number of aryl methyl sites for hydroxylation is 2. The van der Waals surface area contributed by atoms with Crippen LogP contribution in [0.15, 0.2) is 24.3 Å². The summed E-state index contributed by atoms with van der Waals surface area (Å²) in [7, 11) is 0. The first-order chi connectivity index (χ1) is 11.0. The Labute approximate surface area is 137 Å². The minimum absolute atomic E-state index is 0.0569. The molecule has 3 N–H and O–H groups in total. The summed E-state index contributed by atoms with van der Waals surface area (Å²) >= 11 is 0. The van der Waals surface area contributed by atoms with Gasteiger partial charge in [-0.05, 0) is 43.4 Å². The Morgan fingerprint density at radius 1 is 1.26 bits per heavy atom. The normalized spacial score (nSPS) is 12.2. The van der Waals surface area contributed by atoms with E-state index in [0.717, 1.165) is 34.5 Å². The topological polar surface area (TPSA) is 78.0 Å². The second-order valence-corrected chi connectivity index (χ2v) is 6.03. The van der Waals surface area contributed by atoms with Gasteiger partial charge in [-0.3, -0.25) is 9.89 Å². The van der Waals surface area contributed by atoms with Crippen molar-refractivity contribution >= 4 is 5.91 Å². The van der Waals surface area contributed by atoms with Gasteiger partial charge in [0, 0.05) is 18.2 Å². The monoisotopic (exact) mass is 315 g/mol. The quantitative estimate of drug-likeness (QED) is 0.732. The molecule has 1 aromatic carbocycles. The molecule has 0 aliphatic heterocycles. The maximum absolute atomic E-state index is 12.2. The fourth-order valence-electron chi connectivity index (χ4n) is 2.59. The summed E-state index contributed by atoms with van der Waals surface area (Å²) < 4.78 is 0. The molecule has 5 nitrogen and oxygen atoms in total. The molecule has 0 fully saturated rings. The molecule has 23 heavy (non-hydrogen) atoms. The third-order valence-corrected chi connectivity index (χ3v) is 4.16.